The molecule has 0 radical (unpaired) electrons. The SMILES string of the molecule is CCCc1c(C=O)nnn1-c1ccc(C)cc1. The number of aromatic nitrogens is 3. The first-order valence-electron chi connectivity index (χ1n) is 5.73. The summed E-state index contributed by atoms with van der Waals surface area (Å²) in [5.74, 6) is 0. The number of carbonyl (C=O) groups excluding carboxylic acids is 1. The molecule has 0 atom stereocenters. The van der Waals surface area contributed by atoms with Crippen molar-refractivity contribution >= 4 is 6.29 Å². The van der Waals surface area contributed by atoms with E-state index in [9.17, 15) is 4.79 Å². The molecule has 0 fully saturated rings. The lowest BCUT2D eigenvalue weighted by Crippen LogP contribution is -2.03. The van der Waals surface area contributed by atoms with E-state index in [4.69, 9.17) is 0 Å². The quantitative estimate of drug-likeness (QED) is 0.756. The van der Waals surface area contributed by atoms with Crippen LogP contribution in [0.2, 0.25) is 0 Å². The smallest absolute Gasteiger partial charge is 0.172 e. The first kappa shape index (κ1) is 11.5. The van der Waals surface area contributed by atoms with E-state index < -0.39 is 0 Å². The van der Waals surface area contributed by atoms with Crippen LogP contribution in [0.15, 0.2) is 24.3 Å². The van der Waals surface area contributed by atoms with Gasteiger partial charge in [0.1, 0.15) is 5.69 Å². The lowest BCUT2D eigenvalue weighted by molar-refractivity contribution is 0.111. The van der Waals surface area contributed by atoms with Gasteiger partial charge >= 0.3 is 0 Å². The summed E-state index contributed by atoms with van der Waals surface area (Å²) in [6, 6.07) is 8.01. The molecular formula is C13H15N3O. The Hall–Kier alpha value is -1.97. The molecule has 0 spiro atoms. The molecule has 0 saturated carbocycles. The number of hydrogen-bond donors (Lipinski definition) is 0. The van der Waals surface area contributed by atoms with Gasteiger partial charge < -0.3 is 0 Å². The summed E-state index contributed by atoms with van der Waals surface area (Å²) < 4.78 is 1.74. The zero-order valence-corrected chi connectivity index (χ0v) is 10.1. The van der Waals surface area contributed by atoms with Crippen LogP contribution in [0.3, 0.4) is 0 Å². The highest BCUT2D eigenvalue weighted by atomic mass is 16.1. The molecule has 0 aliphatic heterocycles. The van der Waals surface area contributed by atoms with Gasteiger partial charge in [-0.2, -0.15) is 0 Å². The average Bonchev–Trinajstić information content (AvgIpc) is 2.74. The van der Waals surface area contributed by atoms with Crippen LogP contribution in [-0.4, -0.2) is 21.3 Å². The highest BCUT2D eigenvalue weighted by molar-refractivity contribution is 5.73. The van der Waals surface area contributed by atoms with Crippen molar-refractivity contribution in [3.05, 3.63) is 41.2 Å². The van der Waals surface area contributed by atoms with Crippen molar-refractivity contribution in [3.8, 4) is 5.69 Å². The summed E-state index contributed by atoms with van der Waals surface area (Å²) in [6.07, 6.45) is 2.53. The van der Waals surface area contributed by atoms with Crippen molar-refractivity contribution in [3.63, 3.8) is 0 Å². The lowest BCUT2D eigenvalue weighted by Gasteiger charge is -2.05. The molecule has 1 aromatic heterocycles. The molecule has 0 N–H and O–H groups in total. The van der Waals surface area contributed by atoms with Gasteiger partial charge in [-0.3, -0.25) is 4.79 Å². The average molecular weight is 229 g/mol. The molecule has 1 heterocycles. The van der Waals surface area contributed by atoms with Gasteiger partial charge in [-0.05, 0) is 25.5 Å². The van der Waals surface area contributed by atoms with Crippen LogP contribution in [-0.2, 0) is 6.42 Å². The monoisotopic (exact) mass is 229 g/mol. The maximum atomic E-state index is 10.9. The molecule has 0 unspecified atom stereocenters. The summed E-state index contributed by atoms with van der Waals surface area (Å²) >= 11 is 0. The van der Waals surface area contributed by atoms with Crippen LogP contribution in [0.4, 0.5) is 0 Å². The number of aldehydes is 1. The van der Waals surface area contributed by atoms with Gasteiger partial charge in [0.2, 0.25) is 0 Å². The van der Waals surface area contributed by atoms with Crippen molar-refractivity contribution in [2.24, 2.45) is 0 Å². The van der Waals surface area contributed by atoms with E-state index in [1.807, 2.05) is 31.2 Å². The third kappa shape index (κ3) is 2.25. The highest BCUT2D eigenvalue weighted by Gasteiger charge is 2.12. The van der Waals surface area contributed by atoms with E-state index in [0.717, 1.165) is 30.5 Å². The molecule has 0 amide bonds. The van der Waals surface area contributed by atoms with E-state index in [1.165, 1.54) is 5.56 Å². The van der Waals surface area contributed by atoms with Gasteiger partial charge in [0, 0.05) is 0 Å². The minimum atomic E-state index is 0.437. The zero-order chi connectivity index (χ0) is 12.3. The van der Waals surface area contributed by atoms with E-state index in [1.54, 1.807) is 4.68 Å². The number of nitrogens with zero attached hydrogens (tertiary/aromatic N) is 3. The second kappa shape index (κ2) is 4.91. The number of carbonyl (C=O) groups is 1. The Labute approximate surface area is 100 Å². The van der Waals surface area contributed by atoms with Gasteiger partial charge in [-0.1, -0.05) is 36.3 Å². The van der Waals surface area contributed by atoms with Crippen molar-refractivity contribution in [1.29, 1.82) is 0 Å². The van der Waals surface area contributed by atoms with Crippen molar-refractivity contribution in [2.45, 2.75) is 26.7 Å². The fourth-order valence-electron chi connectivity index (χ4n) is 1.77. The zero-order valence-electron chi connectivity index (χ0n) is 10.1. The van der Waals surface area contributed by atoms with Crippen molar-refractivity contribution in [2.75, 3.05) is 0 Å². The Balaban J connectivity index is 2.47. The largest absolute Gasteiger partial charge is 0.296 e. The summed E-state index contributed by atoms with van der Waals surface area (Å²) in [4.78, 5) is 10.9. The maximum absolute atomic E-state index is 10.9. The fourth-order valence-corrected chi connectivity index (χ4v) is 1.77. The van der Waals surface area contributed by atoms with Gasteiger partial charge in [-0.25, -0.2) is 4.68 Å². The Bertz CT molecular complexity index is 514. The van der Waals surface area contributed by atoms with E-state index in [2.05, 4.69) is 17.2 Å². The van der Waals surface area contributed by atoms with E-state index >= 15 is 0 Å². The van der Waals surface area contributed by atoms with Crippen LogP contribution in [0, 0.1) is 6.92 Å². The molecule has 1 aromatic carbocycles. The Kier molecular flexibility index (Phi) is 3.32. The molecule has 0 saturated heterocycles. The second-order valence-electron chi connectivity index (χ2n) is 4.04. The Morgan fingerprint density at radius 2 is 2.00 bits per heavy atom. The summed E-state index contributed by atoms with van der Waals surface area (Å²) in [5, 5.41) is 7.94. The molecule has 4 heteroatoms. The maximum Gasteiger partial charge on any atom is 0.172 e. The molecule has 0 bridgehead atoms. The molecule has 2 rings (SSSR count). The normalized spacial score (nSPS) is 10.5. The summed E-state index contributed by atoms with van der Waals surface area (Å²) in [7, 11) is 0. The van der Waals surface area contributed by atoms with E-state index in [-0.39, 0.29) is 0 Å². The highest BCUT2D eigenvalue weighted by Crippen LogP contribution is 2.14. The minimum Gasteiger partial charge on any atom is -0.296 e. The number of aryl methyl sites for hydroxylation is 1. The van der Waals surface area contributed by atoms with Crippen molar-refractivity contribution < 1.29 is 4.79 Å². The topological polar surface area (TPSA) is 47.8 Å². The molecule has 17 heavy (non-hydrogen) atoms. The standard InChI is InChI=1S/C13H15N3O/c1-3-4-13-12(9-17)14-15-16(13)11-7-5-10(2)6-8-11/h5-9H,3-4H2,1-2H3. The first-order chi connectivity index (χ1) is 8.26. The lowest BCUT2D eigenvalue weighted by atomic mass is 10.2. The van der Waals surface area contributed by atoms with Crippen LogP contribution >= 0.6 is 0 Å². The van der Waals surface area contributed by atoms with E-state index in [0.29, 0.717) is 5.69 Å². The molecule has 4 nitrogen and oxygen atoms in total. The molecule has 0 aliphatic rings. The molecule has 2 aromatic rings. The summed E-state index contributed by atoms with van der Waals surface area (Å²) in [6.45, 7) is 4.11. The van der Waals surface area contributed by atoms with Crippen LogP contribution < -0.4 is 0 Å². The number of benzene rings is 1. The third-order valence-corrected chi connectivity index (χ3v) is 2.67. The van der Waals surface area contributed by atoms with Crippen LogP contribution in [0.25, 0.3) is 5.69 Å². The van der Waals surface area contributed by atoms with Gasteiger partial charge in [-0.15, -0.1) is 5.10 Å². The van der Waals surface area contributed by atoms with Crippen LogP contribution in [0.5, 0.6) is 0 Å². The Morgan fingerprint density at radius 3 is 2.59 bits per heavy atom. The molecular weight excluding hydrogens is 214 g/mol. The van der Waals surface area contributed by atoms with Crippen molar-refractivity contribution in [1.82, 2.24) is 15.0 Å². The molecule has 88 valence electrons. The minimum absolute atomic E-state index is 0.437. The van der Waals surface area contributed by atoms with Gasteiger partial charge in [0.15, 0.2) is 6.29 Å². The number of rotatable bonds is 4. The molecule has 0 aliphatic carbocycles. The number of hydrogen-bond acceptors (Lipinski definition) is 3. The predicted octanol–water partition coefficient (Wildman–Crippen LogP) is 2.34. The first-order valence-corrected chi connectivity index (χ1v) is 5.73. The second-order valence-corrected chi connectivity index (χ2v) is 4.04. The third-order valence-electron chi connectivity index (χ3n) is 2.67. The van der Waals surface area contributed by atoms with Gasteiger partial charge in [0.25, 0.3) is 0 Å². The fraction of sp³-hybridized carbons (Fsp3) is 0.308. The Morgan fingerprint density at radius 1 is 1.29 bits per heavy atom. The summed E-state index contributed by atoms with van der Waals surface area (Å²) in [5.41, 5.74) is 3.46. The van der Waals surface area contributed by atoms with Gasteiger partial charge in [0.05, 0.1) is 11.4 Å². The predicted molar refractivity (Wildman–Crippen MR) is 65.5 cm³/mol. The van der Waals surface area contributed by atoms with Crippen LogP contribution in [0.1, 0.15) is 35.1 Å².